The zero-order chi connectivity index (χ0) is 14.4. The van der Waals surface area contributed by atoms with Gasteiger partial charge in [0, 0.05) is 24.5 Å². The third-order valence-electron chi connectivity index (χ3n) is 2.85. The van der Waals surface area contributed by atoms with Crippen LogP contribution in [0.2, 0.25) is 0 Å². The van der Waals surface area contributed by atoms with E-state index in [1.807, 2.05) is 33.2 Å². The summed E-state index contributed by atoms with van der Waals surface area (Å²) in [5.41, 5.74) is 1.54. The van der Waals surface area contributed by atoms with Crippen LogP contribution >= 0.6 is 0 Å². The maximum absolute atomic E-state index is 12.2. The first-order chi connectivity index (χ1) is 8.88. The van der Waals surface area contributed by atoms with E-state index in [1.54, 1.807) is 6.20 Å². The molecule has 0 unspecified atom stereocenters. The minimum atomic E-state index is -0.0417. The Hall–Kier alpha value is -1.42. The number of likely N-dealkylation sites (N-methyl/N-ethyl adjacent to an activating group) is 1. The summed E-state index contributed by atoms with van der Waals surface area (Å²) in [6.07, 6.45) is 2.61. The zero-order valence-corrected chi connectivity index (χ0v) is 12.6. The molecule has 1 N–H and O–H groups in total. The molecule has 0 aliphatic heterocycles. The van der Waals surface area contributed by atoms with Crippen molar-refractivity contribution < 1.29 is 4.79 Å². The lowest BCUT2D eigenvalue weighted by atomic mass is 10.0. The van der Waals surface area contributed by atoms with Gasteiger partial charge in [-0.05, 0) is 45.5 Å². The third kappa shape index (κ3) is 5.83. The minimum Gasteiger partial charge on any atom is -0.348 e. The zero-order valence-electron chi connectivity index (χ0n) is 12.6. The van der Waals surface area contributed by atoms with Gasteiger partial charge in [0.15, 0.2) is 0 Å². The van der Waals surface area contributed by atoms with E-state index in [4.69, 9.17) is 0 Å². The molecule has 1 aromatic rings. The van der Waals surface area contributed by atoms with Gasteiger partial charge in [-0.2, -0.15) is 0 Å². The highest BCUT2D eigenvalue weighted by atomic mass is 16.1. The van der Waals surface area contributed by atoms with Crippen LogP contribution in [-0.4, -0.2) is 42.5 Å². The second-order valence-corrected chi connectivity index (χ2v) is 5.75. The number of pyridine rings is 1. The third-order valence-corrected chi connectivity index (χ3v) is 2.85. The number of hydrogen-bond donors (Lipinski definition) is 1. The number of aryl methyl sites for hydroxylation is 1. The van der Waals surface area contributed by atoms with Crippen LogP contribution in [0.5, 0.6) is 0 Å². The first-order valence-electron chi connectivity index (χ1n) is 6.76. The van der Waals surface area contributed by atoms with Crippen LogP contribution in [0.15, 0.2) is 18.3 Å². The number of nitrogens with zero attached hydrogens (tertiary/aromatic N) is 2. The summed E-state index contributed by atoms with van der Waals surface area (Å²) in [6.45, 7) is 7.10. The average molecular weight is 263 g/mol. The molecule has 1 aromatic heterocycles. The highest BCUT2D eigenvalue weighted by Crippen LogP contribution is 2.07. The van der Waals surface area contributed by atoms with Crippen molar-refractivity contribution in [2.24, 2.45) is 5.92 Å². The summed E-state index contributed by atoms with van der Waals surface area (Å²) < 4.78 is 0. The largest absolute Gasteiger partial charge is 0.348 e. The molecular formula is C15H25N3O. The number of hydrogen-bond acceptors (Lipinski definition) is 3. The van der Waals surface area contributed by atoms with Crippen LogP contribution in [0.1, 0.15) is 36.3 Å². The molecular weight excluding hydrogens is 238 g/mol. The van der Waals surface area contributed by atoms with Crippen molar-refractivity contribution in [2.75, 3.05) is 20.6 Å². The highest BCUT2D eigenvalue weighted by molar-refractivity contribution is 5.94. The van der Waals surface area contributed by atoms with Gasteiger partial charge in [0.25, 0.3) is 5.91 Å². The first-order valence-corrected chi connectivity index (χ1v) is 6.76. The Morgan fingerprint density at radius 2 is 2.05 bits per heavy atom. The Kier molecular flexibility index (Phi) is 5.96. The fraction of sp³-hybridized carbons (Fsp3) is 0.600. The summed E-state index contributed by atoms with van der Waals surface area (Å²) in [4.78, 5) is 18.4. The summed E-state index contributed by atoms with van der Waals surface area (Å²) in [7, 11) is 4.04. The quantitative estimate of drug-likeness (QED) is 0.855. The van der Waals surface area contributed by atoms with Gasteiger partial charge in [-0.25, -0.2) is 0 Å². The number of rotatable bonds is 6. The fourth-order valence-electron chi connectivity index (χ4n) is 2.06. The molecule has 0 saturated carbocycles. The molecule has 1 heterocycles. The molecule has 4 nitrogen and oxygen atoms in total. The standard InChI is InChI=1S/C15H25N3O/c1-11(2)8-14(10-18(4)5)17-15(19)13-7-6-12(3)16-9-13/h6-7,9,11,14H,8,10H2,1-5H3,(H,17,19)/t14-/m1/s1. The van der Waals surface area contributed by atoms with Crippen LogP contribution in [0.3, 0.4) is 0 Å². The first kappa shape index (κ1) is 15.6. The molecule has 1 atom stereocenters. The van der Waals surface area contributed by atoms with E-state index in [9.17, 15) is 4.79 Å². The molecule has 0 bridgehead atoms. The maximum Gasteiger partial charge on any atom is 0.253 e. The smallest absolute Gasteiger partial charge is 0.253 e. The van der Waals surface area contributed by atoms with Gasteiger partial charge in [-0.1, -0.05) is 13.8 Å². The molecule has 4 heteroatoms. The van der Waals surface area contributed by atoms with Gasteiger partial charge in [-0.15, -0.1) is 0 Å². The number of nitrogens with one attached hydrogen (secondary N) is 1. The molecule has 0 aliphatic rings. The van der Waals surface area contributed by atoms with Crippen LogP contribution in [0, 0.1) is 12.8 Å². The SMILES string of the molecule is Cc1ccc(C(=O)N[C@H](CC(C)C)CN(C)C)cn1. The van der Waals surface area contributed by atoms with Gasteiger partial charge in [0.2, 0.25) is 0 Å². The van der Waals surface area contributed by atoms with Gasteiger partial charge in [0.1, 0.15) is 0 Å². The van der Waals surface area contributed by atoms with Crippen molar-refractivity contribution in [3.8, 4) is 0 Å². The van der Waals surface area contributed by atoms with E-state index < -0.39 is 0 Å². The predicted molar refractivity (Wildman–Crippen MR) is 78.2 cm³/mol. The topological polar surface area (TPSA) is 45.2 Å². The highest BCUT2D eigenvalue weighted by Gasteiger charge is 2.16. The van der Waals surface area contributed by atoms with Crippen molar-refractivity contribution in [1.82, 2.24) is 15.2 Å². The monoisotopic (exact) mass is 263 g/mol. The summed E-state index contributed by atoms with van der Waals surface area (Å²) >= 11 is 0. The molecule has 19 heavy (non-hydrogen) atoms. The van der Waals surface area contributed by atoms with E-state index in [2.05, 4.69) is 29.0 Å². The van der Waals surface area contributed by atoms with Crippen LogP contribution in [0.4, 0.5) is 0 Å². The molecule has 0 saturated heterocycles. The van der Waals surface area contributed by atoms with Gasteiger partial charge >= 0.3 is 0 Å². The van der Waals surface area contributed by atoms with E-state index in [0.29, 0.717) is 11.5 Å². The van der Waals surface area contributed by atoms with E-state index in [1.165, 1.54) is 0 Å². The number of carbonyl (C=O) groups excluding carboxylic acids is 1. The molecule has 1 rings (SSSR count). The van der Waals surface area contributed by atoms with Crippen molar-refractivity contribution >= 4 is 5.91 Å². The molecule has 0 aromatic carbocycles. The van der Waals surface area contributed by atoms with Crippen molar-refractivity contribution in [1.29, 1.82) is 0 Å². The Morgan fingerprint density at radius 1 is 1.37 bits per heavy atom. The van der Waals surface area contributed by atoms with Gasteiger partial charge in [0.05, 0.1) is 5.56 Å². The lowest BCUT2D eigenvalue weighted by molar-refractivity contribution is 0.0924. The summed E-state index contributed by atoms with van der Waals surface area (Å²) in [6, 6.07) is 3.85. The molecule has 106 valence electrons. The molecule has 0 fully saturated rings. The average Bonchev–Trinajstić information content (AvgIpc) is 2.27. The molecule has 0 radical (unpaired) electrons. The Balaban J connectivity index is 2.66. The summed E-state index contributed by atoms with van der Waals surface area (Å²) in [5, 5.41) is 3.09. The Labute approximate surface area is 116 Å². The molecule has 1 amide bonds. The van der Waals surface area contributed by atoms with E-state index in [0.717, 1.165) is 18.7 Å². The maximum atomic E-state index is 12.2. The molecule has 0 spiro atoms. The normalized spacial score (nSPS) is 12.8. The second kappa shape index (κ2) is 7.24. The van der Waals surface area contributed by atoms with Gasteiger partial charge < -0.3 is 10.2 Å². The van der Waals surface area contributed by atoms with Crippen molar-refractivity contribution in [3.05, 3.63) is 29.6 Å². The Morgan fingerprint density at radius 3 is 2.53 bits per heavy atom. The van der Waals surface area contributed by atoms with Crippen LogP contribution in [-0.2, 0) is 0 Å². The predicted octanol–water partition coefficient (Wildman–Crippen LogP) is 2.10. The molecule has 0 aliphatic carbocycles. The van der Waals surface area contributed by atoms with Crippen molar-refractivity contribution in [2.45, 2.75) is 33.2 Å². The van der Waals surface area contributed by atoms with E-state index in [-0.39, 0.29) is 11.9 Å². The summed E-state index contributed by atoms with van der Waals surface area (Å²) in [5.74, 6) is 0.515. The second-order valence-electron chi connectivity index (χ2n) is 5.75. The van der Waals surface area contributed by atoms with E-state index >= 15 is 0 Å². The Bertz CT molecular complexity index is 388. The number of carbonyl (C=O) groups is 1. The van der Waals surface area contributed by atoms with Crippen molar-refractivity contribution in [3.63, 3.8) is 0 Å². The van der Waals surface area contributed by atoms with Crippen LogP contribution < -0.4 is 5.32 Å². The number of amides is 1. The number of aromatic nitrogens is 1. The lowest BCUT2D eigenvalue weighted by Crippen LogP contribution is -2.42. The minimum absolute atomic E-state index is 0.0417. The lowest BCUT2D eigenvalue weighted by Gasteiger charge is -2.24. The fourth-order valence-corrected chi connectivity index (χ4v) is 2.06. The van der Waals surface area contributed by atoms with Gasteiger partial charge in [-0.3, -0.25) is 9.78 Å². The van der Waals surface area contributed by atoms with Crippen LogP contribution in [0.25, 0.3) is 0 Å².